The van der Waals surface area contributed by atoms with Gasteiger partial charge in [-0.15, -0.1) is 0 Å². The number of aliphatic hydroxyl groups is 2. The normalized spacial score (nSPS) is 13.4. The molecule has 2 N–H and O–H groups in total. The summed E-state index contributed by atoms with van der Waals surface area (Å²) >= 11 is 0. The molecule has 4 aromatic carbocycles. The molecule has 0 aliphatic carbocycles. The molecule has 2 atom stereocenters. The van der Waals surface area contributed by atoms with Gasteiger partial charge in [0, 0.05) is 0 Å². The van der Waals surface area contributed by atoms with Crippen LogP contribution in [0.2, 0.25) is 0 Å². The third kappa shape index (κ3) is 4.51. The molecule has 0 saturated heterocycles. The van der Waals surface area contributed by atoms with Crippen LogP contribution in [-0.2, 0) is 16.8 Å². The average molecular weight is 425 g/mol. The van der Waals surface area contributed by atoms with Gasteiger partial charge in [0.05, 0.1) is 24.7 Å². The van der Waals surface area contributed by atoms with E-state index in [0.717, 1.165) is 22.3 Å². The van der Waals surface area contributed by atoms with Gasteiger partial charge in [0.2, 0.25) is 0 Å². The highest BCUT2D eigenvalue weighted by Crippen LogP contribution is 2.43. The first-order valence-corrected chi connectivity index (χ1v) is 10.9. The Bertz CT molecular complexity index is 970. The highest BCUT2D eigenvalue weighted by atomic mass is 16.5. The maximum absolute atomic E-state index is 11.8. The van der Waals surface area contributed by atoms with E-state index >= 15 is 0 Å². The molecule has 0 radical (unpaired) electrons. The van der Waals surface area contributed by atoms with Gasteiger partial charge in [-0.05, 0) is 22.3 Å². The summed E-state index contributed by atoms with van der Waals surface area (Å²) < 4.78 is 5.80. The zero-order chi connectivity index (χ0) is 22.2. The molecule has 0 amide bonds. The lowest BCUT2D eigenvalue weighted by molar-refractivity contribution is -0.0599. The van der Waals surface area contributed by atoms with Crippen molar-refractivity contribution in [1.29, 1.82) is 0 Å². The molecule has 3 nitrogen and oxygen atoms in total. The Balaban J connectivity index is 1.73. The summed E-state index contributed by atoms with van der Waals surface area (Å²) in [4.78, 5) is 0. The Morgan fingerprint density at radius 1 is 0.562 bits per heavy atom. The van der Waals surface area contributed by atoms with Crippen LogP contribution < -0.4 is 0 Å². The van der Waals surface area contributed by atoms with Crippen LogP contribution in [-0.4, -0.2) is 29.0 Å². The lowest BCUT2D eigenvalue weighted by atomic mass is 9.64. The van der Waals surface area contributed by atoms with E-state index in [4.69, 9.17) is 4.74 Å². The molecular formula is C29H28O3. The summed E-state index contributed by atoms with van der Waals surface area (Å²) in [7, 11) is 0. The van der Waals surface area contributed by atoms with Gasteiger partial charge in [0.1, 0.15) is 6.10 Å². The second-order valence-corrected chi connectivity index (χ2v) is 7.92. The van der Waals surface area contributed by atoms with Crippen molar-refractivity contribution in [2.24, 2.45) is 0 Å². The van der Waals surface area contributed by atoms with Gasteiger partial charge in [-0.3, -0.25) is 0 Å². The molecule has 0 aliphatic rings. The standard InChI is InChI=1S/C29H28O3/c30-27(22-32-21-23-13-5-1-6-14-23)28(31)29(24-15-7-2-8-16-24,25-17-9-3-10-18-25)26-19-11-4-12-20-26/h1-20,27-28,30-31H,21-22H2/t27-,28?/m0/s1. The van der Waals surface area contributed by atoms with E-state index in [1.54, 1.807) is 0 Å². The third-order valence-electron chi connectivity index (χ3n) is 5.90. The Labute approximate surface area is 189 Å². The molecule has 162 valence electrons. The van der Waals surface area contributed by atoms with Crippen LogP contribution in [0.1, 0.15) is 22.3 Å². The van der Waals surface area contributed by atoms with E-state index in [1.807, 2.05) is 121 Å². The summed E-state index contributed by atoms with van der Waals surface area (Å²) in [6, 6.07) is 39.4. The molecule has 3 heteroatoms. The molecule has 0 aromatic heterocycles. The van der Waals surface area contributed by atoms with E-state index in [9.17, 15) is 10.2 Å². The SMILES string of the molecule is OC([C@@H](O)COCc1ccccc1)C(c1ccccc1)(c1ccccc1)c1ccccc1. The van der Waals surface area contributed by atoms with E-state index in [1.165, 1.54) is 0 Å². The van der Waals surface area contributed by atoms with Gasteiger partial charge in [-0.2, -0.15) is 0 Å². The first kappa shape index (κ1) is 22.0. The number of rotatable bonds is 9. The summed E-state index contributed by atoms with van der Waals surface area (Å²) in [5.74, 6) is 0. The van der Waals surface area contributed by atoms with Crippen molar-refractivity contribution >= 4 is 0 Å². The first-order chi connectivity index (χ1) is 15.7. The second-order valence-electron chi connectivity index (χ2n) is 7.92. The maximum atomic E-state index is 11.8. The number of ether oxygens (including phenoxy) is 1. The fourth-order valence-electron chi connectivity index (χ4n) is 4.37. The van der Waals surface area contributed by atoms with Crippen LogP contribution in [0.15, 0.2) is 121 Å². The topological polar surface area (TPSA) is 49.7 Å². The smallest absolute Gasteiger partial charge is 0.105 e. The van der Waals surface area contributed by atoms with Gasteiger partial charge in [0.15, 0.2) is 0 Å². The second kappa shape index (κ2) is 10.4. The van der Waals surface area contributed by atoms with Crippen molar-refractivity contribution in [3.63, 3.8) is 0 Å². The first-order valence-electron chi connectivity index (χ1n) is 10.9. The molecule has 0 aliphatic heterocycles. The largest absolute Gasteiger partial charge is 0.389 e. The molecule has 1 unspecified atom stereocenters. The minimum Gasteiger partial charge on any atom is -0.389 e. The monoisotopic (exact) mass is 424 g/mol. The number of benzene rings is 4. The highest BCUT2D eigenvalue weighted by Gasteiger charge is 2.46. The number of hydrogen-bond donors (Lipinski definition) is 2. The van der Waals surface area contributed by atoms with Crippen molar-refractivity contribution in [3.8, 4) is 0 Å². The Morgan fingerprint density at radius 2 is 0.938 bits per heavy atom. The summed E-state index contributed by atoms with van der Waals surface area (Å²) in [5, 5.41) is 22.9. The Kier molecular flexibility index (Phi) is 7.13. The molecule has 4 rings (SSSR count). The zero-order valence-electron chi connectivity index (χ0n) is 17.9. The van der Waals surface area contributed by atoms with Crippen LogP contribution in [0.5, 0.6) is 0 Å². The van der Waals surface area contributed by atoms with Gasteiger partial charge < -0.3 is 14.9 Å². The van der Waals surface area contributed by atoms with Crippen molar-refractivity contribution < 1.29 is 14.9 Å². The predicted octanol–water partition coefficient (Wildman–Crippen LogP) is 4.96. The van der Waals surface area contributed by atoms with Gasteiger partial charge in [-0.25, -0.2) is 0 Å². The molecule has 0 fully saturated rings. The van der Waals surface area contributed by atoms with Gasteiger partial charge >= 0.3 is 0 Å². The van der Waals surface area contributed by atoms with Crippen LogP contribution in [0, 0.1) is 0 Å². The average Bonchev–Trinajstić information content (AvgIpc) is 2.87. The zero-order valence-corrected chi connectivity index (χ0v) is 17.9. The molecule has 0 saturated carbocycles. The van der Waals surface area contributed by atoms with Crippen molar-refractivity contribution in [2.45, 2.75) is 24.2 Å². The van der Waals surface area contributed by atoms with Crippen molar-refractivity contribution in [2.75, 3.05) is 6.61 Å². The summed E-state index contributed by atoms with van der Waals surface area (Å²) in [5.41, 5.74) is 2.79. The number of aliphatic hydroxyl groups excluding tert-OH is 2. The molecule has 0 heterocycles. The minimum absolute atomic E-state index is 0.0182. The van der Waals surface area contributed by atoms with Crippen LogP contribution in [0.3, 0.4) is 0 Å². The van der Waals surface area contributed by atoms with E-state index in [-0.39, 0.29) is 6.61 Å². The molecular weight excluding hydrogens is 396 g/mol. The van der Waals surface area contributed by atoms with Crippen LogP contribution >= 0.6 is 0 Å². The lowest BCUT2D eigenvalue weighted by Crippen LogP contribution is -2.50. The van der Waals surface area contributed by atoms with Gasteiger partial charge in [0.25, 0.3) is 0 Å². The van der Waals surface area contributed by atoms with Crippen molar-refractivity contribution in [3.05, 3.63) is 144 Å². The highest BCUT2D eigenvalue weighted by molar-refractivity contribution is 5.52. The summed E-state index contributed by atoms with van der Waals surface area (Å²) in [6.07, 6.45) is -2.23. The third-order valence-corrected chi connectivity index (χ3v) is 5.90. The van der Waals surface area contributed by atoms with E-state index in [0.29, 0.717) is 6.61 Å². The summed E-state index contributed by atoms with van der Waals surface area (Å²) in [6.45, 7) is 0.393. The molecule has 0 bridgehead atoms. The van der Waals surface area contributed by atoms with Crippen molar-refractivity contribution in [1.82, 2.24) is 0 Å². The number of hydrogen-bond acceptors (Lipinski definition) is 3. The fourth-order valence-corrected chi connectivity index (χ4v) is 4.37. The molecule has 32 heavy (non-hydrogen) atoms. The Morgan fingerprint density at radius 3 is 1.34 bits per heavy atom. The van der Waals surface area contributed by atoms with E-state index in [2.05, 4.69) is 0 Å². The fraction of sp³-hybridized carbons (Fsp3) is 0.172. The molecule has 0 spiro atoms. The van der Waals surface area contributed by atoms with Crippen LogP contribution in [0.25, 0.3) is 0 Å². The quantitative estimate of drug-likeness (QED) is 0.374. The predicted molar refractivity (Wildman–Crippen MR) is 127 cm³/mol. The Hall–Kier alpha value is -3.24. The lowest BCUT2D eigenvalue weighted by Gasteiger charge is -2.42. The maximum Gasteiger partial charge on any atom is 0.105 e. The van der Waals surface area contributed by atoms with Crippen LogP contribution in [0.4, 0.5) is 0 Å². The molecule has 4 aromatic rings. The minimum atomic E-state index is -1.13. The van der Waals surface area contributed by atoms with Gasteiger partial charge in [-0.1, -0.05) is 121 Å². The van der Waals surface area contributed by atoms with E-state index < -0.39 is 17.6 Å².